The van der Waals surface area contributed by atoms with E-state index >= 15 is 0 Å². The van der Waals surface area contributed by atoms with E-state index in [1.807, 2.05) is 38.1 Å². The summed E-state index contributed by atoms with van der Waals surface area (Å²) in [5, 5.41) is 4.90. The second-order valence-electron chi connectivity index (χ2n) is 4.20. The first-order valence-corrected chi connectivity index (χ1v) is 6.21. The van der Waals surface area contributed by atoms with Crippen molar-refractivity contribution in [1.82, 2.24) is 10.1 Å². The van der Waals surface area contributed by atoms with Crippen LogP contribution < -0.4 is 0 Å². The molecule has 0 bridgehead atoms. The lowest BCUT2D eigenvalue weighted by molar-refractivity contribution is 0.0683. The van der Waals surface area contributed by atoms with Crippen LogP contribution in [0.4, 0.5) is 0 Å². The van der Waals surface area contributed by atoms with E-state index < -0.39 is 0 Å². The lowest BCUT2D eigenvalue weighted by Crippen LogP contribution is -2.01. The van der Waals surface area contributed by atoms with Crippen molar-refractivity contribution in [3.63, 3.8) is 0 Å². The Bertz CT molecular complexity index is 687. The molecule has 0 N–H and O–H groups in total. The first-order chi connectivity index (χ1) is 9.29. The summed E-state index contributed by atoms with van der Waals surface area (Å²) in [6, 6.07) is 7.73. The maximum absolute atomic E-state index is 5.46. The second-order valence-corrected chi connectivity index (χ2v) is 4.20. The molecule has 1 aromatic carbocycles. The van der Waals surface area contributed by atoms with Crippen LogP contribution in [0.1, 0.15) is 25.8 Å². The molecule has 5 nitrogen and oxygen atoms in total. The van der Waals surface area contributed by atoms with E-state index in [0.717, 1.165) is 16.5 Å². The molecular formula is C14H14N2O3. The van der Waals surface area contributed by atoms with Gasteiger partial charge in [0.05, 0.1) is 5.56 Å². The average molecular weight is 258 g/mol. The molecule has 1 atom stereocenters. The highest BCUT2D eigenvalue weighted by Crippen LogP contribution is 2.30. The summed E-state index contributed by atoms with van der Waals surface area (Å²) in [6.45, 7) is 4.44. The van der Waals surface area contributed by atoms with Gasteiger partial charge >= 0.3 is 0 Å². The number of hydrogen-bond donors (Lipinski definition) is 0. The highest BCUT2D eigenvalue weighted by atomic mass is 16.5. The summed E-state index contributed by atoms with van der Waals surface area (Å²) in [6.07, 6.45) is 1.45. The van der Waals surface area contributed by atoms with Crippen LogP contribution in [0.5, 0.6) is 0 Å². The van der Waals surface area contributed by atoms with E-state index in [4.69, 9.17) is 13.7 Å². The van der Waals surface area contributed by atoms with Crippen molar-refractivity contribution in [2.75, 3.05) is 6.61 Å². The first-order valence-electron chi connectivity index (χ1n) is 6.21. The van der Waals surface area contributed by atoms with Crippen molar-refractivity contribution in [2.45, 2.75) is 20.0 Å². The maximum atomic E-state index is 5.46. The third-order valence-corrected chi connectivity index (χ3v) is 2.93. The number of nitrogens with zero attached hydrogens (tertiary/aromatic N) is 2. The first kappa shape index (κ1) is 11.9. The largest absolute Gasteiger partial charge is 0.463 e. The highest BCUT2D eigenvalue weighted by molar-refractivity contribution is 5.91. The number of para-hydroxylation sites is 1. The van der Waals surface area contributed by atoms with Gasteiger partial charge in [-0.05, 0) is 19.9 Å². The van der Waals surface area contributed by atoms with Gasteiger partial charge in [-0.2, -0.15) is 4.98 Å². The van der Waals surface area contributed by atoms with E-state index in [0.29, 0.717) is 18.3 Å². The molecule has 3 aromatic rings. The highest BCUT2D eigenvalue weighted by Gasteiger charge is 2.17. The zero-order chi connectivity index (χ0) is 13.2. The van der Waals surface area contributed by atoms with Gasteiger partial charge in [0.1, 0.15) is 18.0 Å². The molecule has 98 valence electrons. The lowest BCUT2D eigenvalue weighted by atomic mass is 10.2. The molecule has 19 heavy (non-hydrogen) atoms. The fourth-order valence-electron chi connectivity index (χ4n) is 1.98. The fourth-order valence-corrected chi connectivity index (χ4v) is 1.98. The zero-order valence-electron chi connectivity index (χ0n) is 10.8. The van der Waals surface area contributed by atoms with Crippen LogP contribution in [0.25, 0.3) is 22.4 Å². The standard InChI is InChI=1S/C14H14N2O3/c1-3-17-9(2)13-15-14(19-16-13)11-8-18-12-7-5-4-6-10(11)12/h4-9H,3H2,1-2H3. The summed E-state index contributed by atoms with van der Waals surface area (Å²) in [5.74, 6) is 0.994. The lowest BCUT2D eigenvalue weighted by Gasteiger charge is -2.04. The minimum Gasteiger partial charge on any atom is -0.463 e. The quantitative estimate of drug-likeness (QED) is 0.715. The van der Waals surface area contributed by atoms with Crippen molar-refractivity contribution < 1.29 is 13.7 Å². The van der Waals surface area contributed by atoms with Gasteiger partial charge in [0.25, 0.3) is 5.89 Å². The molecule has 5 heteroatoms. The second kappa shape index (κ2) is 4.85. The van der Waals surface area contributed by atoms with E-state index in [1.165, 1.54) is 0 Å². The number of rotatable bonds is 4. The molecule has 0 fully saturated rings. The zero-order valence-corrected chi connectivity index (χ0v) is 10.8. The topological polar surface area (TPSA) is 61.3 Å². The Hall–Kier alpha value is -2.14. The van der Waals surface area contributed by atoms with Crippen LogP contribution in [-0.4, -0.2) is 16.7 Å². The van der Waals surface area contributed by atoms with Crippen LogP contribution in [0.15, 0.2) is 39.5 Å². The van der Waals surface area contributed by atoms with Crippen molar-refractivity contribution in [2.24, 2.45) is 0 Å². The Morgan fingerprint density at radius 3 is 3.00 bits per heavy atom. The maximum Gasteiger partial charge on any atom is 0.261 e. The van der Waals surface area contributed by atoms with Crippen LogP contribution >= 0.6 is 0 Å². The monoisotopic (exact) mass is 258 g/mol. The molecule has 0 saturated heterocycles. The van der Waals surface area contributed by atoms with Crippen LogP contribution in [0.2, 0.25) is 0 Å². The van der Waals surface area contributed by atoms with E-state index in [1.54, 1.807) is 6.26 Å². The minimum atomic E-state index is -0.180. The third kappa shape index (κ3) is 2.13. The Morgan fingerprint density at radius 1 is 1.32 bits per heavy atom. The summed E-state index contributed by atoms with van der Waals surface area (Å²) >= 11 is 0. The third-order valence-electron chi connectivity index (χ3n) is 2.93. The number of hydrogen-bond acceptors (Lipinski definition) is 5. The number of aromatic nitrogens is 2. The number of furan rings is 1. The van der Waals surface area contributed by atoms with Gasteiger partial charge in [-0.1, -0.05) is 23.4 Å². The molecule has 0 aliphatic heterocycles. The number of benzene rings is 1. The molecule has 2 heterocycles. The van der Waals surface area contributed by atoms with E-state index in [2.05, 4.69) is 10.1 Å². The molecule has 0 radical (unpaired) electrons. The summed E-state index contributed by atoms with van der Waals surface area (Å²) < 4.78 is 16.2. The molecule has 0 aliphatic rings. The Kier molecular flexibility index (Phi) is 3.05. The Balaban J connectivity index is 1.98. The van der Waals surface area contributed by atoms with Crippen LogP contribution in [-0.2, 0) is 4.74 Å². The van der Waals surface area contributed by atoms with Gasteiger partial charge in [-0.15, -0.1) is 0 Å². The molecular weight excluding hydrogens is 244 g/mol. The molecule has 0 amide bonds. The van der Waals surface area contributed by atoms with Gasteiger partial charge in [0.15, 0.2) is 0 Å². The van der Waals surface area contributed by atoms with Gasteiger partial charge in [0.2, 0.25) is 5.82 Å². The van der Waals surface area contributed by atoms with Crippen molar-refractivity contribution in [3.05, 3.63) is 36.4 Å². The Labute approximate surface area is 110 Å². The van der Waals surface area contributed by atoms with Gasteiger partial charge < -0.3 is 13.7 Å². The summed E-state index contributed by atoms with van der Waals surface area (Å²) in [7, 11) is 0. The fraction of sp³-hybridized carbons (Fsp3) is 0.286. The molecule has 3 rings (SSSR count). The number of ether oxygens (including phenoxy) is 1. The predicted molar refractivity (Wildman–Crippen MR) is 69.5 cm³/mol. The SMILES string of the molecule is CCOC(C)c1noc(-c2coc3ccccc23)n1. The molecule has 0 spiro atoms. The Morgan fingerprint density at radius 2 is 2.16 bits per heavy atom. The molecule has 0 saturated carbocycles. The summed E-state index contributed by atoms with van der Waals surface area (Å²) in [5.41, 5.74) is 1.60. The van der Waals surface area contributed by atoms with Crippen LogP contribution in [0, 0.1) is 0 Å². The van der Waals surface area contributed by atoms with E-state index in [-0.39, 0.29) is 6.10 Å². The predicted octanol–water partition coefficient (Wildman–Crippen LogP) is 3.58. The van der Waals surface area contributed by atoms with E-state index in [9.17, 15) is 0 Å². The van der Waals surface area contributed by atoms with Crippen LogP contribution in [0.3, 0.4) is 0 Å². The van der Waals surface area contributed by atoms with Crippen molar-refractivity contribution in [3.8, 4) is 11.5 Å². The molecule has 0 aliphatic carbocycles. The van der Waals surface area contributed by atoms with Crippen molar-refractivity contribution >= 4 is 11.0 Å². The number of fused-ring (bicyclic) bond motifs is 1. The van der Waals surface area contributed by atoms with Crippen molar-refractivity contribution in [1.29, 1.82) is 0 Å². The van der Waals surface area contributed by atoms with Gasteiger partial charge in [-0.3, -0.25) is 0 Å². The average Bonchev–Trinajstić information content (AvgIpc) is 3.05. The van der Waals surface area contributed by atoms with Gasteiger partial charge in [-0.25, -0.2) is 0 Å². The minimum absolute atomic E-state index is 0.180. The molecule has 1 unspecified atom stereocenters. The smallest absolute Gasteiger partial charge is 0.261 e. The van der Waals surface area contributed by atoms with Gasteiger partial charge in [0, 0.05) is 12.0 Å². The normalized spacial score (nSPS) is 12.9. The molecule has 2 aromatic heterocycles. The summed E-state index contributed by atoms with van der Waals surface area (Å²) in [4.78, 5) is 4.36.